The van der Waals surface area contributed by atoms with Gasteiger partial charge in [-0.05, 0) is 56.2 Å². The molecule has 2 amide bonds. The zero-order valence-corrected chi connectivity index (χ0v) is 15.4. The minimum atomic E-state index is -0.964. The standard InChI is InChI=1S/C20H22FN5O2/c21-15-10-14(15)19(28)22-13-8-6-11(7-9-13)16-2-1-3-17-23-20(25-26(16)17)24-18(27)12-4-5-12/h1-3,6,12-15H,4-5,7-10H2,(H,22,28)(H,24,25,27)/t13-,14?,15?/m0/s1. The highest BCUT2D eigenvalue weighted by Gasteiger charge is 2.44. The van der Waals surface area contributed by atoms with Crippen molar-refractivity contribution in [3.05, 3.63) is 30.0 Å². The molecule has 28 heavy (non-hydrogen) atoms. The van der Waals surface area contributed by atoms with Gasteiger partial charge >= 0.3 is 0 Å². The molecule has 0 spiro atoms. The van der Waals surface area contributed by atoms with E-state index in [-0.39, 0.29) is 23.8 Å². The number of pyridine rings is 1. The molecule has 8 heteroatoms. The lowest BCUT2D eigenvalue weighted by molar-refractivity contribution is -0.123. The van der Waals surface area contributed by atoms with Gasteiger partial charge in [-0.25, -0.2) is 8.91 Å². The van der Waals surface area contributed by atoms with Gasteiger partial charge in [-0.2, -0.15) is 4.98 Å². The van der Waals surface area contributed by atoms with Crippen LogP contribution < -0.4 is 10.6 Å². The summed E-state index contributed by atoms with van der Waals surface area (Å²) in [7, 11) is 0. The van der Waals surface area contributed by atoms with Crippen LogP contribution in [0.5, 0.6) is 0 Å². The van der Waals surface area contributed by atoms with Crippen LogP contribution >= 0.6 is 0 Å². The number of anilines is 1. The van der Waals surface area contributed by atoms with Gasteiger partial charge in [-0.15, -0.1) is 5.10 Å². The summed E-state index contributed by atoms with van der Waals surface area (Å²) in [5, 5.41) is 10.2. The van der Waals surface area contributed by atoms with Gasteiger partial charge in [0.25, 0.3) is 0 Å². The molecule has 2 saturated carbocycles. The smallest absolute Gasteiger partial charge is 0.249 e. The van der Waals surface area contributed by atoms with Crippen LogP contribution in [0.2, 0.25) is 0 Å². The normalized spacial score (nSPS) is 26.6. The van der Waals surface area contributed by atoms with Crippen LogP contribution in [-0.4, -0.2) is 38.6 Å². The molecule has 146 valence electrons. The molecule has 2 aromatic heterocycles. The Morgan fingerprint density at radius 1 is 1.18 bits per heavy atom. The summed E-state index contributed by atoms with van der Waals surface area (Å²) in [5.74, 6) is -0.194. The fourth-order valence-corrected chi connectivity index (χ4v) is 3.70. The number of amides is 2. The molecule has 0 aliphatic heterocycles. The van der Waals surface area contributed by atoms with Crippen LogP contribution in [0.4, 0.5) is 10.3 Å². The number of nitrogens with one attached hydrogen (secondary N) is 2. The SMILES string of the molecule is O=C(Nc1nc2cccc(C3=CC[C@H](NC(=O)C4CC4F)CC3)n2n1)C1CC1. The molecule has 3 aliphatic carbocycles. The summed E-state index contributed by atoms with van der Waals surface area (Å²) in [6, 6.07) is 5.82. The van der Waals surface area contributed by atoms with Gasteiger partial charge < -0.3 is 5.32 Å². The summed E-state index contributed by atoms with van der Waals surface area (Å²) >= 11 is 0. The van der Waals surface area contributed by atoms with Crippen LogP contribution in [0.15, 0.2) is 24.3 Å². The maximum atomic E-state index is 13.0. The van der Waals surface area contributed by atoms with Crippen molar-refractivity contribution >= 4 is 29.0 Å². The summed E-state index contributed by atoms with van der Waals surface area (Å²) in [4.78, 5) is 28.3. The Hall–Kier alpha value is -2.77. The first-order valence-corrected chi connectivity index (χ1v) is 9.89. The van der Waals surface area contributed by atoms with Gasteiger partial charge in [0.05, 0.1) is 11.6 Å². The third-order valence-electron chi connectivity index (χ3n) is 5.68. The zero-order chi connectivity index (χ0) is 19.3. The summed E-state index contributed by atoms with van der Waals surface area (Å²) < 4.78 is 14.8. The Balaban J connectivity index is 1.30. The molecular formula is C20H22FN5O2. The second-order valence-corrected chi connectivity index (χ2v) is 7.95. The summed E-state index contributed by atoms with van der Waals surface area (Å²) in [6.45, 7) is 0. The average molecular weight is 383 g/mol. The molecule has 3 atom stereocenters. The highest BCUT2D eigenvalue weighted by atomic mass is 19.1. The number of allylic oxidation sites excluding steroid dienone is 1. The van der Waals surface area contributed by atoms with Crippen LogP contribution in [-0.2, 0) is 9.59 Å². The highest BCUT2D eigenvalue weighted by Crippen LogP contribution is 2.35. The Morgan fingerprint density at radius 2 is 2.00 bits per heavy atom. The van der Waals surface area contributed by atoms with E-state index in [1.165, 1.54) is 0 Å². The first kappa shape index (κ1) is 17.3. The lowest BCUT2D eigenvalue weighted by atomic mass is 9.93. The van der Waals surface area contributed by atoms with Crippen molar-refractivity contribution in [2.24, 2.45) is 11.8 Å². The molecule has 2 N–H and O–H groups in total. The maximum Gasteiger partial charge on any atom is 0.249 e. The second kappa shape index (κ2) is 6.68. The van der Waals surface area contributed by atoms with Crippen LogP contribution in [0.25, 0.3) is 11.2 Å². The Labute approximate surface area is 161 Å². The third-order valence-corrected chi connectivity index (χ3v) is 5.68. The number of fused-ring (bicyclic) bond motifs is 1. The largest absolute Gasteiger partial charge is 0.353 e. The van der Waals surface area contributed by atoms with Crippen molar-refractivity contribution in [2.75, 3.05) is 5.32 Å². The Morgan fingerprint density at radius 3 is 2.68 bits per heavy atom. The first-order chi connectivity index (χ1) is 13.6. The fraction of sp³-hybridized carbons (Fsp3) is 0.500. The molecule has 2 aromatic rings. The predicted octanol–water partition coefficient (Wildman–Crippen LogP) is 2.49. The van der Waals surface area contributed by atoms with Crippen LogP contribution in [0.3, 0.4) is 0 Å². The monoisotopic (exact) mass is 383 g/mol. The molecule has 2 unspecified atom stereocenters. The zero-order valence-electron chi connectivity index (χ0n) is 15.4. The quantitative estimate of drug-likeness (QED) is 0.830. The van der Waals surface area contributed by atoms with Crippen LogP contribution in [0, 0.1) is 11.8 Å². The first-order valence-electron chi connectivity index (χ1n) is 9.89. The lowest BCUT2D eigenvalue weighted by Crippen LogP contribution is -2.37. The van der Waals surface area contributed by atoms with E-state index in [0.717, 1.165) is 37.0 Å². The molecule has 5 rings (SSSR count). The van der Waals surface area contributed by atoms with E-state index in [1.807, 2.05) is 18.2 Å². The number of hydrogen-bond donors (Lipinski definition) is 2. The van der Waals surface area contributed by atoms with Crippen molar-refractivity contribution in [1.82, 2.24) is 19.9 Å². The van der Waals surface area contributed by atoms with Crippen molar-refractivity contribution in [3.63, 3.8) is 0 Å². The number of halogens is 1. The van der Waals surface area contributed by atoms with E-state index in [1.54, 1.807) is 4.52 Å². The Kier molecular flexibility index (Phi) is 4.14. The number of alkyl halides is 1. The van der Waals surface area contributed by atoms with Crippen LogP contribution in [0.1, 0.15) is 44.2 Å². The topological polar surface area (TPSA) is 88.4 Å². The number of aromatic nitrogens is 3. The van der Waals surface area contributed by atoms with E-state index in [2.05, 4.69) is 26.8 Å². The van der Waals surface area contributed by atoms with Gasteiger partial charge in [0, 0.05) is 12.0 Å². The molecule has 3 aliphatic rings. The molecule has 2 fully saturated rings. The molecule has 0 radical (unpaired) electrons. The number of hydrogen-bond acceptors (Lipinski definition) is 4. The number of nitrogens with zero attached hydrogens (tertiary/aromatic N) is 3. The predicted molar refractivity (Wildman–Crippen MR) is 101 cm³/mol. The second-order valence-electron chi connectivity index (χ2n) is 7.95. The van der Waals surface area contributed by atoms with E-state index in [9.17, 15) is 14.0 Å². The molecule has 0 saturated heterocycles. The van der Waals surface area contributed by atoms with Gasteiger partial charge in [0.1, 0.15) is 6.17 Å². The van der Waals surface area contributed by atoms with Crippen molar-refractivity contribution < 1.29 is 14.0 Å². The average Bonchev–Trinajstić information content (AvgIpc) is 3.60. The molecule has 2 heterocycles. The molecule has 0 aromatic carbocycles. The van der Waals surface area contributed by atoms with Gasteiger partial charge in [0.15, 0.2) is 5.65 Å². The van der Waals surface area contributed by atoms with Crippen molar-refractivity contribution in [1.29, 1.82) is 0 Å². The van der Waals surface area contributed by atoms with E-state index in [0.29, 0.717) is 24.4 Å². The van der Waals surface area contributed by atoms with Gasteiger partial charge in [-0.1, -0.05) is 12.1 Å². The number of rotatable bonds is 5. The number of carbonyl (C=O) groups is 2. The van der Waals surface area contributed by atoms with Crippen molar-refractivity contribution in [3.8, 4) is 0 Å². The highest BCUT2D eigenvalue weighted by molar-refractivity contribution is 5.92. The Bertz CT molecular complexity index is 980. The van der Waals surface area contributed by atoms with Crippen molar-refractivity contribution in [2.45, 2.75) is 50.7 Å². The minimum Gasteiger partial charge on any atom is -0.353 e. The maximum absolute atomic E-state index is 13.0. The van der Waals surface area contributed by atoms with E-state index >= 15 is 0 Å². The molecule has 7 nitrogen and oxygen atoms in total. The van der Waals surface area contributed by atoms with E-state index < -0.39 is 12.1 Å². The van der Waals surface area contributed by atoms with Gasteiger partial charge in [-0.3, -0.25) is 14.9 Å². The van der Waals surface area contributed by atoms with Gasteiger partial charge in [0.2, 0.25) is 17.8 Å². The summed E-state index contributed by atoms with van der Waals surface area (Å²) in [6.07, 6.45) is 5.66. The molecule has 0 bridgehead atoms. The molecular weight excluding hydrogens is 361 g/mol. The summed E-state index contributed by atoms with van der Waals surface area (Å²) in [5.41, 5.74) is 2.76. The minimum absolute atomic E-state index is 0.0147. The lowest BCUT2D eigenvalue weighted by Gasteiger charge is -2.23. The fourth-order valence-electron chi connectivity index (χ4n) is 3.70. The third kappa shape index (κ3) is 3.39. The number of carbonyl (C=O) groups excluding carboxylic acids is 2. The van der Waals surface area contributed by atoms with E-state index in [4.69, 9.17) is 0 Å².